The van der Waals surface area contributed by atoms with Crippen LogP contribution in [0.3, 0.4) is 0 Å². The maximum absolute atomic E-state index is 13.2. The van der Waals surface area contributed by atoms with Gasteiger partial charge in [0.25, 0.3) is 0 Å². The van der Waals surface area contributed by atoms with E-state index >= 15 is 0 Å². The molecule has 2 heterocycles. The highest BCUT2D eigenvalue weighted by Crippen LogP contribution is 2.32. The molecule has 9 nitrogen and oxygen atoms in total. The average Bonchev–Trinajstić information content (AvgIpc) is 3.34. The highest BCUT2D eigenvalue weighted by atomic mass is 32.2. The number of sulfonamides is 1. The van der Waals surface area contributed by atoms with Gasteiger partial charge in [0.05, 0.1) is 20.3 Å². The molecule has 0 saturated carbocycles. The van der Waals surface area contributed by atoms with Gasteiger partial charge in [-0.15, -0.1) is 0 Å². The Bertz CT molecular complexity index is 1080. The number of carbonyl (C=O) groups is 1. The van der Waals surface area contributed by atoms with Gasteiger partial charge in [-0.1, -0.05) is 35.9 Å². The number of benzene rings is 2. The SMILES string of the molecule is COc1ccc(C2CC(C(=O)NCc3ccc(C)cc3)NN2)cc1S(=O)(=O)N1CCOCC1. The van der Waals surface area contributed by atoms with Crippen molar-refractivity contribution in [3.8, 4) is 5.75 Å². The van der Waals surface area contributed by atoms with Gasteiger partial charge in [-0.05, 0) is 36.6 Å². The summed E-state index contributed by atoms with van der Waals surface area (Å²) in [5.74, 6) is 0.184. The number of nitrogens with one attached hydrogen (secondary N) is 3. The van der Waals surface area contributed by atoms with Crippen LogP contribution in [0.2, 0.25) is 0 Å². The number of aryl methyl sites for hydroxylation is 1. The monoisotopic (exact) mass is 474 g/mol. The van der Waals surface area contributed by atoms with Crippen molar-refractivity contribution in [1.29, 1.82) is 0 Å². The Balaban J connectivity index is 1.44. The first-order valence-electron chi connectivity index (χ1n) is 11.0. The molecule has 3 N–H and O–H groups in total. The van der Waals surface area contributed by atoms with Crippen LogP contribution < -0.4 is 20.9 Å². The van der Waals surface area contributed by atoms with Crippen molar-refractivity contribution in [2.45, 2.75) is 36.9 Å². The van der Waals surface area contributed by atoms with E-state index < -0.39 is 16.1 Å². The maximum Gasteiger partial charge on any atom is 0.246 e. The van der Waals surface area contributed by atoms with Crippen LogP contribution in [-0.2, 0) is 26.1 Å². The van der Waals surface area contributed by atoms with Gasteiger partial charge in [-0.2, -0.15) is 4.31 Å². The third-order valence-electron chi connectivity index (χ3n) is 5.98. The van der Waals surface area contributed by atoms with Crippen molar-refractivity contribution >= 4 is 15.9 Å². The van der Waals surface area contributed by atoms with Crippen molar-refractivity contribution in [2.24, 2.45) is 0 Å². The van der Waals surface area contributed by atoms with E-state index in [9.17, 15) is 13.2 Å². The number of carbonyl (C=O) groups excluding carboxylic acids is 1. The fraction of sp³-hybridized carbons (Fsp3) is 0.435. The molecule has 2 atom stereocenters. The average molecular weight is 475 g/mol. The molecule has 2 aliphatic rings. The van der Waals surface area contributed by atoms with Crippen molar-refractivity contribution in [1.82, 2.24) is 20.5 Å². The van der Waals surface area contributed by atoms with Crippen LogP contribution in [0.4, 0.5) is 0 Å². The fourth-order valence-electron chi connectivity index (χ4n) is 4.00. The quantitative estimate of drug-likeness (QED) is 0.554. The summed E-state index contributed by atoms with van der Waals surface area (Å²) in [7, 11) is -2.27. The number of morpholine rings is 1. The van der Waals surface area contributed by atoms with Gasteiger partial charge in [0.2, 0.25) is 15.9 Å². The number of ether oxygens (including phenoxy) is 2. The Labute approximate surface area is 194 Å². The first-order chi connectivity index (χ1) is 15.9. The second-order valence-electron chi connectivity index (χ2n) is 8.26. The molecule has 2 unspecified atom stereocenters. The molecule has 2 aromatic carbocycles. The molecule has 2 saturated heterocycles. The van der Waals surface area contributed by atoms with Crippen LogP contribution in [0.5, 0.6) is 5.75 Å². The molecule has 33 heavy (non-hydrogen) atoms. The third-order valence-corrected chi connectivity index (χ3v) is 7.90. The Morgan fingerprint density at radius 2 is 1.88 bits per heavy atom. The lowest BCUT2D eigenvalue weighted by Gasteiger charge is -2.27. The van der Waals surface area contributed by atoms with E-state index in [1.54, 1.807) is 12.1 Å². The highest BCUT2D eigenvalue weighted by molar-refractivity contribution is 7.89. The summed E-state index contributed by atoms with van der Waals surface area (Å²) in [5.41, 5.74) is 9.13. The standard InChI is InChI=1S/C23H30N4O5S/c1-16-3-5-17(6-4-16)15-24-23(28)20-14-19(25-26-20)18-7-8-21(31-2)22(13-18)33(29,30)27-9-11-32-12-10-27/h3-8,13,19-20,25-26H,9-12,14-15H2,1-2H3,(H,24,28). The van der Waals surface area contributed by atoms with Crippen molar-refractivity contribution in [3.63, 3.8) is 0 Å². The van der Waals surface area contributed by atoms with Crippen LogP contribution >= 0.6 is 0 Å². The summed E-state index contributed by atoms with van der Waals surface area (Å²) >= 11 is 0. The van der Waals surface area contributed by atoms with Gasteiger partial charge in [-0.25, -0.2) is 19.3 Å². The summed E-state index contributed by atoms with van der Waals surface area (Å²) in [6.45, 7) is 3.83. The van der Waals surface area contributed by atoms with Gasteiger partial charge in [0.1, 0.15) is 16.7 Å². The molecule has 0 spiro atoms. The smallest absolute Gasteiger partial charge is 0.246 e. The lowest BCUT2D eigenvalue weighted by atomic mass is 10.0. The van der Waals surface area contributed by atoms with Gasteiger partial charge >= 0.3 is 0 Å². The molecule has 10 heteroatoms. The first-order valence-corrected chi connectivity index (χ1v) is 12.4. The van der Waals surface area contributed by atoms with Crippen LogP contribution in [0.15, 0.2) is 47.4 Å². The first kappa shape index (κ1) is 23.7. The molecule has 2 fully saturated rings. The zero-order chi connectivity index (χ0) is 23.4. The molecular weight excluding hydrogens is 444 g/mol. The molecular formula is C23H30N4O5S. The number of hydrogen-bond acceptors (Lipinski definition) is 7. The Morgan fingerprint density at radius 1 is 1.15 bits per heavy atom. The molecule has 2 aromatic rings. The van der Waals surface area contributed by atoms with E-state index in [1.807, 2.05) is 37.3 Å². The number of rotatable bonds is 7. The van der Waals surface area contributed by atoms with Gasteiger partial charge in [-0.3, -0.25) is 4.79 Å². The van der Waals surface area contributed by atoms with Crippen LogP contribution in [-0.4, -0.2) is 58.1 Å². The number of nitrogens with zero attached hydrogens (tertiary/aromatic N) is 1. The molecule has 2 aliphatic heterocycles. The number of amides is 1. The molecule has 4 rings (SSSR count). The minimum absolute atomic E-state index is 0.111. The van der Waals surface area contributed by atoms with E-state index in [1.165, 1.54) is 17.0 Å². The number of hydrogen-bond donors (Lipinski definition) is 3. The van der Waals surface area contributed by atoms with Gasteiger partial charge < -0.3 is 14.8 Å². The van der Waals surface area contributed by atoms with E-state index in [4.69, 9.17) is 9.47 Å². The predicted molar refractivity (Wildman–Crippen MR) is 123 cm³/mol. The van der Waals surface area contributed by atoms with Crippen LogP contribution in [0.25, 0.3) is 0 Å². The summed E-state index contributed by atoms with van der Waals surface area (Å²) in [5, 5.41) is 2.95. The fourth-order valence-corrected chi connectivity index (χ4v) is 5.60. The third kappa shape index (κ3) is 5.36. The van der Waals surface area contributed by atoms with Crippen LogP contribution in [0, 0.1) is 6.92 Å². The maximum atomic E-state index is 13.2. The molecule has 0 bridgehead atoms. The summed E-state index contributed by atoms with van der Waals surface area (Å²) < 4.78 is 38.5. The molecule has 0 aromatic heterocycles. The number of hydrazine groups is 1. The highest BCUT2D eigenvalue weighted by Gasteiger charge is 2.33. The normalized spacial score (nSPS) is 21.6. The zero-order valence-electron chi connectivity index (χ0n) is 18.8. The molecule has 0 radical (unpaired) electrons. The van der Waals surface area contributed by atoms with Gasteiger partial charge in [0, 0.05) is 25.7 Å². The number of methoxy groups -OCH3 is 1. The summed E-state index contributed by atoms with van der Waals surface area (Å²) in [4.78, 5) is 12.8. The van der Waals surface area contributed by atoms with E-state index in [2.05, 4.69) is 16.2 Å². The lowest BCUT2D eigenvalue weighted by Crippen LogP contribution is -2.42. The summed E-state index contributed by atoms with van der Waals surface area (Å²) in [6.07, 6.45) is 0.489. The van der Waals surface area contributed by atoms with Crippen LogP contribution in [0.1, 0.15) is 29.2 Å². The van der Waals surface area contributed by atoms with Crippen molar-refractivity contribution in [3.05, 3.63) is 59.2 Å². The molecule has 178 valence electrons. The summed E-state index contributed by atoms with van der Waals surface area (Å²) in [6, 6.07) is 12.5. The lowest BCUT2D eigenvalue weighted by molar-refractivity contribution is -0.123. The predicted octanol–water partition coefficient (Wildman–Crippen LogP) is 1.25. The Hall–Kier alpha value is -2.50. The van der Waals surface area contributed by atoms with E-state index in [0.717, 1.165) is 11.1 Å². The van der Waals surface area contributed by atoms with E-state index in [-0.39, 0.29) is 16.8 Å². The second kappa shape index (κ2) is 10.2. The van der Waals surface area contributed by atoms with Crippen molar-refractivity contribution < 1.29 is 22.7 Å². The topological polar surface area (TPSA) is 109 Å². The minimum Gasteiger partial charge on any atom is -0.495 e. The van der Waals surface area contributed by atoms with Crippen molar-refractivity contribution in [2.75, 3.05) is 33.4 Å². The minimum atomic E-state index is -3.73. The van der Waals surface area contributed by atoms with Gasteiger partial charge in [0.15, 0.2) is 0 Å². The molecule has 0 aliphatic carbocycles. The largest absolute Gasteiger partial charge is 0.495 e. The van der Waals surface area contributed by atoms with E-state index in [0.29, 0.717) is 45.0 Å². The Morgan fingerprint density at radius 3 is 2.58 bits per heavy atom. The second-order valence-corrected chi connectivity index (χ2v) is 10.2. The zero-order valence-corrected chi connectivity index (χ0v) is 19.7. The Kier molecular flexibility index (Phi) is 7.30. The molecule has 1 amide bonds.